The summed E-state index contributed by atoms with van der Waals surface area (Å²) in [5.41, 5.74) is 8.18. The molecule has 0 bridgehead atoms. The number of nitrogens with two attached hydrogens (primary N) is 1. The van der Waals surface area contributed by atoms with Gasteiger partial charge in [0.25, 0.3) is 0 Å². The Balaban J connectivity index is 2.30. The van der Waals surface area contributed by atoms with E-state index in [-0.39, 0.29) is 12.1 Å². The van der Waals surface area contributed by atoms with Gasteiger partial charge in [0, 0.05) is 10.5 Å². The lowest BCUT2D eigenvalue weighted by Crippen LogP contribution is -2.29. The zero-order valence-corrected chi connectivity index (χ0v) is 13.8. The third-order valence-corrected chi connectivity index (χ3v) is 3.78. The van der Waals surface area contributed by atoms with E-state index in [2.05, 4.69) is 15.9 Å². The Morgan fingerprint density at radius 3 is 2.55 bits per heavy atom. The molecule has 2 N–H and O–H groups in total. The van der Waals surface area contributed by atoms with E-state index in [1.54, 1.807) is 0 Å². The minimum atomic E-state index is -0.243. The minimum absolute atomic E-state index is 0.151. The fourth-order valence-corrected chi connectivity index (χ4v) is 2.70. The zero-order valence-electron chi connectivity index (χ0n) is 11.4. The smallest absolute Gasteiger partial charge is 0.139 e. The predicted molar refractivity (Wildman–Crippen MR) is 87.3 cm³/mol. The summed E-state index contributed by atoms with van der Waals surface area (Å²) in [6, 6.07) is 13.5. The molecule has 20 heavy (non-hydrogen) atoms. The molecule has 2 atom stereocenters. The van der Waals surface area contributed by atoms with Gasteiger partial charge < -0.3 is 10.5 Å². The number of rotatable bonds is 4. The molecule has 0 aliphatic rings. The quantitative estimate of drug-likeness (QED) is 0.849. The average molecular weight is 355 g/mol. The van der Waals surface area contributed by atoms with Crippen molar-refractivity contribution in [1.82, 2.24) is 0 Å². The molecule has 0 fully saturated rings. The lowest BCUT2D eigenvalue weighted by Gasteiger charge is -2.24. The summed E-state index contributed by atoms with van der Waals surface area (Å²) >= 11 is 9.69. The monoisotopic (exact) mass is 353 g/mol. The van der Waals surface area contributed by atoms with E-state index in [1.165, 1.54) is 0 Å². The molecule has 0 heterocycles. The van der Waals surface area contributed by atoms with Gasteiger partial charge in [0.15, 0.2) is 0 Å². The van der Waals surface area contributed by atoms with Crippen molar-refractivity contribution in [1.29, 1.82) is 0 Å². The van der Waals surface area contributed by atoms with Crippen molar-refractivity contribution in [2.45, 2.75) is 26.0 Å². The summed E-state index contributed by atoms with van der Waals surface area (Å²) in [6.45, 7) is 3.92. The molecule has 0 aliphatic heterocycles. The Morgan fingerprint density at radius 2 is 1.95 bits per heavy atom. The highest BCUT2D eigenvalue weighted by Gasteiger charge is 2.19. The van der Waals surface area contributed by atoms with Crippen LogP contribution in [0.25, 0.3) is 0 Å². The predicted octanol–water partition coefficient (Wildman–Crippen LogP) is 4.88. The maximum absolute atomic E-state index is 6.22. The molecular formula is C16H17BrClNO. The standard InChI is InChI=1S/C16H17BrClNO/c1-10-6-7-15(14(18)8-10)20-16(11(2)19)12-4-3-5-13(17)9-12/h3-9,11,16H,19H2,1-2H3. The maximum atomic E-state index is 6.22. The molecule has 4 heteroatoms. The summed E-state index contributed by atoms with van der Waals surface area (Å²) in [5, 5.41) is 0.602. The van der Waals surface area contributed by atoms with E-state index >= 15 is 0 Å². The van der Waals surface area contributed by atoms with Gasteiger partial charge in [-0.1, -0.05) is 45.7 Å². The molecule has 0 saturated carbocycles. The fourth-order valence-electron chi connectivity index (χ4n) is 2.00. The number of halogens is 2. The third kappa shape index (κ3) is 3.75. The van der Waals surface area contributed by atoms with Crippen LogP contribution in [0.3, 0.4) is 0 Å². The third-order valence-electron chi connectivity index (χ3n) is 3.00. The molecule has 0 spiro atoms. The van der Waals surface area contributed by atoms with Crippen LogP contribution in [0.5, 0.6) is 5.75 Å². The first-order valence-corrected chi connectivity index (χ1v) is 7.58. The van der Waals surface area contributed by atoms with Gasteiger partial charge in [0.1, 0.15) is 11.9 Å². The molecule has 0 amide bonds. The normalized spacial score (nSPS) is 13.8. The van der Waals surface area contributed by atoms with Gasteiger partial charge in [-0.2, -0.15) is 0 Å². The first-order valence-electron chi connectivity index (χ1n) is 6.41. The second-order valence-corrected chi connectivity index (χ2v) is 6.21. The molecule has 0 saturated heterocycles. The molecule has 2 aromatic carbocycles. The van der Waals surface area contributed by atoms with E-state index < -0.39 is 0 Å². The van der Waals surface area contributed by atoms with Crippen LogP contribution in [0.2, 0.25) is 5.02 Å². The largest absolute Gasteiger partial charge is 0.483 e. The molecule has 106 valence electrons. The topological polar surface area (TPSA) is 35.2 Å². The maximum Gasteiger partial charge on any atom is 0.139 e. The van der Waals surface area contributed by atoms with Crippen LogP contribution in [0.4, 0.5) is 0 Å². The first-order chi connectivity index (χ1) is 9.47. The molecule has 2 aromatic rings. The Kier molecular flexibility index (Phi) is 5.08. The minimum Gasteiger partial charge on any atom is -0.483 e. The van der Waals surface area contributed by atoms with Crippen LogP contribution < -0.4 is 10.5 Å². The van der Waals surface area contributed by atoms with Gasteiger partial charge in [-0.3, -0.25) is 0 Å². The molecule has 2 rings (SSSR count). The number of aryl methyl sites for hydroxylation is 1. The summed E-state index contributed by atoms with van der Waals surface area (Å²) in [6.07, 6.45) is -0.243. The van der Waals surface area contributed by atoms with E-state index in [0.717, 1.165) is 15.6 Å². The highest BCUT2D eigenvalue weighted by atomic mass is 79.9. The molecule has 0 aliphatic carbocycles. The van der Waals surface area contributed by atoms with Crippen LogP contribution in [0.15, 0.2) is 46.9 Å². The van der Waals surface area contributed by atoms with Crippen molar-refractivity contribution in [2.75, 3.05) is 0 Å². The van der Waals surface area contributed by atoms with Crippen LogP contribution in [-0.2, 0) is 0 Å². The summed E-state index contributed by atoms with van der Waals surface area (Å²) in [4.78, 5) is 0. The Labute approximate surface area is 133 Å². The SMILES string of the molecule is Cc1ccc(OC(c2cccc(Br)c2)C(C)N)c(Cl)c1. The molecule has 0 radical (unpaired) electrons. The lowest BCUT2D eigenvalue weighted by molar-refractivity contribution is 0.180. The molecule has 2 unspecified atom stereocenters. The van der Waals surface area contributed by atoms with Gasteiger partial charge >= 0.3 is 0 Å². The van der Waals surface area contributed by atoms with Crippen molar-refractivity contribution in [3.63, 3.8) is 0 Å². The van der Waals surface area contributed by atoms with Gasteiger partial charge in [0.05, 0.1) is 5.02 Å². The van der Waals surface area contributed by atoms with Crippen molar-refractivity contribution >= 4 is 27.5 Å². The van der Waals surface area contributed by atoms with Crippen LogP contribution >= 0.6 is 27.5 Å². The average Bonchev–Trinajstić information content (AvgIpc) is 2.37. The van der Waals surface area contributed by atoms with E-state index in [4.69, 9.17) is 22.1 Å². The zero-order chi connectivity index (χ0) is 14.7. The Hall–Kier alpha value is -1.03. The Bertz CT molecular complexity index is 601. The number of ether oxygens (including phenoxy) is 1. The van der Waals surface area contributed by atoms with Gasteiger partial charge in [-0.25, -0.2) is 0 Å². The summed E-state index contributed by atoms with van der Waals surface area (Å²) < 4.78 is 7.02. The highest BCUT2D eigenvalue weighted by molar-refractivity contribution is 9.10. The molecular weight excluding hydrogens is 338 g/mol. The van der Waals surface area contributed by atoms with Crippen LogP contribution in [0, 0.1) is 6.92 Å². The molecule has 2 nitrogen and oxygen atoms in total. The van der Waals surface area contributed by atoms with Crippen molar-refractivity contribution in [3.8, 4) is 5.75 Å². The van der Waals surface area contributed by atoms with Gasteiger partial charge in [-0.05, 0) is 49.2 Å². The van der Waals surface area contributed by atoms with Crippen molar-refractivity contribution in [3.05, 3.63) is 63.1 Å². The number of hydrogen-bond donors (Lipinski definition) is 1. The molecule has 0 aromatic heterocycles. The van der Waals surface area contributed by atoms with Crippen molar-refractivity contribution in [2.24, 2.45) is 5.73 Å². The second kappa shape index (κ2) is 6.61. The lowest BCUT2D eigenvalue weighted by atomic mass is 10.0. The highest BCUT2D eigenvalue weighted by Crippen LogP contribution is 2.31. The van der Waals surface area contributed by atoms with Crippen molar-refractivity contribution < 1.29 is 4.74 Å². The summed E-state index contributed by atoms with van der Waals surface area (Å²) in [7, 11) is 0. The van der Waals surface area contributed by atoms with Crippen LogP contribution in [0.1, 0.15) is 24.2 Å². The number of hydrogen-bond acceptors (Lipinski definition) is 2. The van der Waals surface area contributed by atoms with E-state index in [0.29, 0.717) is 10.8 Å². The fraction of sp³-hybridized carbons (Fsp3) is 0.250. The van der Waals surface area contributed by atoms with Crippen LogP contribution in [-0.4, -0.2) is 6.04 Å². The number of benzene rings is 2. The van der Waals surface area contributed by atoms with Gasteiger partial charge in [0.2, 0.25) is 0 Å². The summed E-state index contributed by atoms with van der Waals surface area (Å²) in [5.74, 6) is 0.652. The first kappa shape index (κ1) is 15.4. The van der Waals surface area contributed by atoms with E-state index in [1.807, 2.05) is 56.3 Å². The van der Waals surface area contributed by atoms with Gasteiger partial charge in [-0.15, -0.1) is 0 Å². The second-order valence-electron chi connectivity index (χ2n) is 4.89. The van der Waals surface area contributed by atoms with E-state index in [9.17, 15) is 0 Å². The Morgan fingerprint density at radius 1 is 1.20 bits per heavy atom.